The van der Waals surface area contributed by atoms with E-state index < -0.39 is 6.04 Å². The molecular weight excluding hydrogens is 416 g/mol. The summed E-state index contributed by atoms with van der Waals surface area (Å²) in [4.78, 5) is 13.2. The van der Waals surface area contributed by atoms with E-state index in [2.05, 4.69) is 42.1 Å². The fourth-order valence-electron chi connectivity index (χ4n) is 2.98. The van der Waals surface area contributed by atoms with Gasteiger partial charge in [-0.15, -0.1) is 0 Å². The monoisotopic (exact) mass is 430 g/mol. The second-order valence-corrected chi connectivity index (χ2v) is 6.59. The summed E-state index contributed by atoms with van der Waals surface area (Å²) in [5.74, 6) is 1.21. The number of carbonyl (C=O) groups excluding carboxylic acids is 1. The van der Waals surface area contributed by atoms with E-state index in [-0.39, 0.29) is 5.91 Å². The molecule has 10 heteroatoms. The number of aromatic nitrogens is 4. The van der Waals surface area contributed by atoms with Crippen molar-refractivity contribution in [2.24, 2.45) is 0 Å². The fraction of sp³-hybridized carbons (Fsp3) is 0.176. The van der Waals surface area contributed by atoms with Crippen LogP contribution in [0.25, 0.3) is 0 Å². The Balaban J connectivity index is 1.75. The predicted molar refractivity (Wildman–Crippen MR) is 100 cm³/mol. The average Bonchev–Trinajstić information content (AvgIpc) is 3.29. The van der Waals surface area contributed by atoms with Crippen molar-refractivity contribution < 1.29 is 13.9 Å². The van der Waals surface area contributed by atoms with Crippen LogP contribution in [-0.4, -0.2) is 33.2 Å². The van der Waals surface area contributed by atoms with Gasteiger partial charge in [0.25, 0.3) is 5.91 Å². The number of halogens is 1. The quantitative estimate of drug-likeness (QED) is 0.654. The van der Waals surface area contributed by atoms with E-state index in [1.54, 1.807) is 38.3 Å². The number of methoxy groups -OCH3 is 1. The molecule has 3 aromatic rings. The number of anilines is 2. The van der Waals surface area contributed by atoms with Crippen molar-refractivity contribution in [3.63, 3.8) is 0 Å². The highest BCUT2D eigenvalue weighted by Crippen LogP contribution is 2.36. The standard InChI is InChI=1S/C17H15BrN6O3/c1-9-14(16(25)20-10-5-3-4-6-11(10)26-2)15(12-7-8-13(18)27-12)24-17(19-9)21-22-23-24/h3-8,15H,1-2H3,(H,20,25)(H,19,21,23). The summed E-state index contributed by atoms with van der Waals surface area (Å²) in [5, 5.41) is 17.6. The van der Waals surface area contributed by atoms with E-state index in [9.17, 15) is 4.79 Å². The van der Waals surface area contributed by atoms with Crippen molar-refractivity contribution in [2.45, 2.75) is 13.0 Å². The number of furan rings is 1. The molecule has 1 atom stereocenters. The Hall–Kier alpha value is -3.14. The molecule has 9 nitrogen and oxygen atoms in total. The molecule has 1 aliphatic heterocycles. The molecule has 138 valence electrons. The van der Waals surface area contributed by atoms with Gasteiger partial charge in [0.1, 0.15) is 17.6 Å². The fourth-order valence-corrected chi connectivity index (χ4v) is 3.30. The molecule has 0 aliphatic carbocycles. The number of benzene rings is 1. The molecule has 0 spiro atoms. The van der Waals surface area contributed by atoms with Gasteiger partial charge in [-0.3, -0.25) is 4.79 Å². The number of ether oxygens (including phenoxy) is 1. The second kappa shape index (κ2) is 6.88. The van der Waals surface area contributed by atoms with Crippen molar-refractivity contribution in [1.29, 1.82) is 0 Å². The van der Waals surface area contributed by atoms with Crippen LogP contribution in [0.1, 0.15) is 18.7 Å². The molecule has 0 saturated heterocycles. The van der Waals surface area contributed by atoms with Gasteiger partial charge in [0, 0.05) is 5.70 Å². The largest absolute Gasteiger partial charge is 0.495 e. The molecule has 1 aliphatic rings. The van der Waals surface area contributed by atoms with Gasteiger partial charge in [-0.25, -0.2) is 0 Å². The number of nitrogens with one attached hydrogen (secondary N) is 2. The van der Waals surface area contributed by atoms with Crippen LogP contribution in [0.2, 0.25) is 0 Å². The van der Waals surface area contributed by atoms with E-state index in [0.29, 0.717) is 39.1 Å². The van der Waals surface area contributed by atoms with Crippen LogP contribution in [0.3, 0.4) is 0 Å². The zero-order valence-electron chi connectivity index (χ0n) is 14.4. The first-order valence-electron chi connectivity index (χ1n) is 8.03. The topological polar surface area (TPSA) is 107 Å². The first kappa shape index (κ1) is 17.3. The van der Waals surface area contributed by atoms with E-state index in [4.69, 9.17) is 9.15 Å². The number of carbonyl (C=O) groups is 1. The van der Waals surface area contributed by atoms with E-state index >= 15 is 0 Å². The number of para-hydroxylation sites is 2. The summed E-state index contributed by atoms with van der Waals surface area (Å²) in [6.07, 6.45) is 0. The third-order valence-corrected chi connectivity index (χ3v) is 4.60. The van der Waals surface area contributed by atoms with Gasteiger partial charge in [-0.2, -0.15) is 4.68 Å². The third kappa shape index (κ3) is 3.08. The highest BCUT2D eigenvalue weighted by atomic mass is 79.9. The van der Waals surface area contributed by atoms with Crippen molar-refractivity contribution in [1.82, 2.24) is 20.2 Å². The molecule has 0 saturated carbocycles. The highest BCUT2D eigenvalue weighted by Gasteiger charge is 2.36. The molecule has 2 aromatic heterocycles. The lowest BCUT2D eigenvalue weighted by Gasteiger charge is -2.26. The Labute approximate surface area is 162 Å². The van der Waals surface area contributed by atoms with Crippen LogP contribution in [-0.2, 0) is 4.79 Å². The minimum absolute atomic E-state index is 0.317. The molecular formula is C17H15BrN6O3. The molecule has 4 rings (SSSR count). The van der Waals surface area contributed by atoms with Crippen molar-refractivity contribution in [3.05, 3.63) is 58.1 Å². The normalized spacial score (nSPS) is 15.9. The molecule has 27 heavy (non-hydrogen) atoms. The maximum absolute atomic E-state index is 13.2. The first-order valence-corrected chi connectivity index (χ1v) is 8.83. The lowest BCUT2D eigenvalue weighted by molar-refractivity contribution is -0.113. The van der Waals surface area contributed by atoms with Gasteiger partial charge in [-0.1, -0.05) is 17.2 Å². The number of fused-ring (bicyclic) bond motifs is 1. The summed E-state index contributed by atoms with van der Waals surface area (Å²) in [6.45, 7) is 1.79. The average molecular weight is 431 g/mol. The zero-order valence-corrected chi connectivity index (χ0v) is 16.0. The molecule has 3 heterocycles. The van der Waals surface area contributed by atoms with Gasteiger partial charge >= 0.3 is 0 Å². The smallest absolute Gasteiger partial charge is 0.256 e. The van der Waals surface area contributed by atoms with Crippen molar-refractivity contribution in [3.8, 4) is 5.75 Å². The van der Waals surface area contributed by atoms with Crippen LogP contribution >= 0.6 is 15.9 Å². The van der Waals surface area contributed by atoms with Crippen LogP contribution in [0.15, 0.2) is 56.8 Å². The number of allylic oxidation sites excluding steroid dienone is 1. The number of amides is 1. The lowest BCUT2D eigenvalue weighted by Crippen LogP contribution is -2.31. The minimum atomic E-state index is -0.614. The number of rotatable bonds is 4. The summed E-state index contributed by atoms with van der Waals surface area (Å²) < 4.78 is 13.1. The van der Waals surface area contributed by atoms with Gasteiger partial charge in [0.2, 0.25) is 5.95 Å². The predicted octanol–water partition coefficient (Wildman–Crippen LogP) is 2.96. The second-order valence-electron chi connectivity index (χ2n) is 5.81. The molecule has 0 bridgehead atoms. The maximum atomic E-state index is 13.2. The Morgan fingerprint density at radius 3 is 2.89 bits per heavy atom. The van der Waals surface area contributed by atoms with E-state index in [1.807, 2.05) is 12.1 Å². The van der Waals surface area contributed by atoms with Crippen LogP contribution in [0.4, 0.5) is 11.6 Å². The Kier molecular flexibility index (Phi) is 4.40. The maximum Gasteiger partial charge on any atom is 0.256 e. The minimum Gasteiger partial charge on any atom is -0.495 e. The number of nitrogens with zero attached hydrogens (tertiary/aromatic N) is 4. The third-order valence-electron chi connectivity index (χ3n) is 4.18. The van der Waals surface area contributed by atoms with Gasteiger partial charge < -0.3 is 19.8 Å². The van der Waals surface area contributed by atoms with Crippen molar-refractivity contribution >= 4 is 33.5 Å². The zero-order chi connectivity index (χ0) is 19.0. The molecule has 1 aromatic carbocycles. The first-order chi connectivity index (χ1) is 13.1. The molecule has 1 amide bonds. The highest BCUT2D eigenvalue weighted by molar-refractivity contribution is 9.10. The SMILES string of the molecule is COc1ccccc1NC(=O)C1=C(C)Nc2nnnn2C1c1ccc(Br)o1. The van der Waals surface area contributed by atoms with Crippen LogP contribution in [0.5, 0.6) is 5.75 Å². The van der Waals surface area contributed by atoms with Gasteiger partial charge in [0.05, 0.1) is 18.4 Å². The van der Waals surface area contributed by atoms with Crippen LogP contribution in [0, 0.1) is 0 Å². The molecule has 0 radical (unpaired) electrons. The summed E-state index contributed by atoms with van der Waals surface area (Å²) in [6, 6.07) is 10.1. The molecule has 2 N–H and O–H groups in total. The Bertz CT molecular complexity index is 1040. The number of hydrogen-bond donors (Lipinski definition) is 2. The summed E-state index contributed by atoms with van der Waals surface area (Å²) in [7, 11) is 1.55. The lowest BCUT2D eigenvalue weighted by atomic mass is 10.00. The van der Waals surface area contributed by atoms with Crippen LogP contribution < -0.4 is 15.4 Å². The Morgan fingerprint density at radius 2 is 2.15 bits per heavy atom. The summed E-state index contributed by atoms with van der Waals surface area (Å²) in [5.41, 5.74) is 1.62. The summed E-state index contributed by atoms with van der Waals surface area (Å²) >= 11 is 3.30. The van der Waals surface area contributed by atoms with E-state index in [0.717, 1.165) is 0 Å². The number of hydrogen-bond acceptors (Lipinski definition) is 7. The van der Waals surface area contributed by atoms with Crippen molar-refractivity contribution in [2.75, 3.05) is 17.7 Å². The van der Waals surface area contributed by atoms with Gasteiger partial charge in [0.15, 0.2) is 4.67 Å². The van der Waals surface area contributed by atoms with E-state index in [1.165, 1.54) is 4.68 Å². The Morgan fingerprint density at radius 1 is 1.33 bits per heavy atom. The molecule has 0 fully saturated rings. The molecule has 1 unspecified atom stereocenters. The number of tetrazole rings is 1. The van der Waals surface area contributed by atoms with Gasteiger partial charge in [-0.05, 0) is 57.5 Å².